The third-order valence-corrected chi connectivity index (χ3v) is 3.87. The standard InChI is InChI=1S/C17H20N4O2/c1-3-18-16(22)12-5-4-11(2)15(8-12)20-17(23)13-9-19-21(10-13)14-6-7-14/h4-5,8-10,14H,3,6-7H2,1-2H3,(H,18,22)(H,20,23). The second kappa shape index (κ2) is 6.24. The molecule has 2 N–H and O–H groups in total. The van der Waals surface area contributed by atoms with Gasteiger partial charge in [-0.05, 0) is 44.4 Å². The number of hydrogen-bond donors (Lipinski definition) is 2. The Hall–Kier alpha value is -2.63. The molecule has 1 aromatic carbocycles. The quantitative estimate of drug-likeness (QED) is 0.890. The van der Waals surface area contributed by atoms with Gasteiger partial charge < -0.3 is 10.6 Å². The number of benzene rings is 1. The minimum Gasteiger partial charge on any atom is -0.352 e. The average molecular weight is 312 g/mol. The van der Waals surface area contributed by atoms with Crippen molar-refractivity contribution in [1.29, 1.82) is 0 Å². The van der Waals surface area contributed by atoms with Crippen LogP contribution in [0.3, 0.4) is 0 Å². The van der Waals surface area contributed by atoms with E-state index < -0.39 is 0 Å². The largest absolute Gasteiger partial charge is 0.352 e. The Morgan fingerprint density at radius 3 is 2.74 bits per heavy atom. The summed E-state index contributed by atoms with van der Waals surface area (Å²) in [6.45, 7) is 4.33. The van der Waals surface area contributed by atoms with Gasteiger partial charge in [-0.3, -0.25) is 14.3 Å². The maximum absolute atomic E-state index is 12.4. The van der Waals surface area contributed by atoms with Crippen molar-refractivity contribution in [3.8, 4) is 0 Å². The third kappa shape index (κ3) is 3.41. The first-order valence-electron chi connectivity index (χ1n) is 7.83. The number of carbonyl (C=O) groups excluding carboxylic acids is 2. The van der Waals surface area contributed by atoms with Gasteiger partial charge in [0.25, 0.3) is 11.8 Å². The number of rotatable bonds is 5. The molecule has 6 heteroatoms. The number of amides is 2. The van der Waals surface area contributed by atoms with Gasteiger partial charge in [0, 0.05) is 24.0 Å². The summed E-state index contributed by atoms with van der Waals surface area (Å²) in [6.07, 6.45) is 5.60. The zero-order chi connectivity index (χ0) is 16.4. The molecule has 0 bridgehead atoms. The molecule has 2 aromatic rings. The second-order valence-corrected chi connectivity index (χ2v) is 5.78. The lowest BCUT2D eigenvalue weighted by Crippen LogP contribution is -2.23. The van der Waals surface area contributed by atoms with Crippen molar-refractivity contribution >= 4 is 17.5 Å². The molecule has 0 unspecified atom stereocenters. The van der Waals surface area contributed by atoms with E-state index in [2.05, 4.69) is 15.7 Å². The highest BCUT2D eigenvalue weighted by molar-refractivity contribution is 6.05. The van der Waals surface area contributed by atoms with Crippen molar-refractivity contribution < 1.29 is 9.59 Å². The van der Waals surface area contributed by atoms with Crippen LogP contribution in [0.2, 0.25) is 0 Å². The molecule has 1 aliphatic rings. The lowest BCUT2D eigenvalue weighted by molar-refractivity contribution is 0.0954. The number of aryl methyl sites for hydroxylation is 1. The fraction of sp³-hybridized carbons (Fsp3) is 0.353. The van der Waals surface area contributed by atoms with E-state index in [4.69, 9.17) is 0 Å². The van der Waals surface area contributed by atoms with Gasteiger partial charge in [-0.2, -0.15) is 5.10 Å². The van der Waals surface area contributed by atoms with Gasteiger partial charge in [-0.15, -0.1) is 0 Å². The molecular weight excluding hydrogens is 292 g/mol. The first-order chi connectivity index (χ1) is 11.1. The van der Waals surface area contributed by atoms with Crippen molar-refractivity contribution in [1.82, 2.24) is 15.1 Å². The summed E-state index contributed by atoms with van der Waals surface area (Å²) in [6, 6.07) is 5.72. The monoisotopic (exact) mass is 312 g/mol. The first-order valence-corrected chi connectivity index (χ1v) is 7.83. The SMILES string of the molecule is CCNC(=O)c1ccc(C)c(NC(=O)c2cnn(C3CC3)c2)c1. The summed E-state index contributed by atoms with van der Waals surface area (Å²) in [5, 5.41) is 9.84. The van der Waals surface area contributed by atoms with Crippen LogP contribution in [0.5, 0.6) is 0 Å². The maximum Gasteiger partial charge on any atom is 0.258 e. The fourth-order valence-electron chi connectivity index (χ4n) is 2.35. The first kappa shape index (κ1) is 15.3. The Kier molecular flexibility index (Phi) is 4.14. The Morgan fingerprint density at radius 2 is 2.04 bits per heavy atom. The molecule has 1 fully saturated rings. The number of anilines is 1. The van der Waals surface area contributed by atoms with Gasteiger partial charge >= 0.3 is 0 Å². The van der Waals surface area contributed by atoms with Crippen molar-refractivity contribution in [3.05, 3.63) is 47.3 Å². The molecule has 23 heavy (non-hydrogen) atoms. The number of carbonyl (C=O) groups is 2. The fourth-order valence-corrected chi connectivity index (χ4v) is 2.35. The normalized spacial score (nSPS) is 13.7. The van der Waals surface area contributed by atoms with Crippen LogP contribution in [0.4, 0.5) is 5.69 Å². The van der Waals surface area contributed by atoms with Crippen molar-refractivity contribution in [3.63, 3.8) is 0 Å². The molecule has 6 nitrogen and oxygen atoms in total. The van der Waals surface area contributed by atoms with E-state index in [1.165, 1.54) is 0 Å². The van der Waals surface area contributed by atoms with Gasteiger partial charge in [0.15, 0.2) is 0 Å². The van der Waals surface area contributed by atoms with Crippen LogP contribution < -0.4 is 10.6 Å². The number of nitrogens with zero attached hydrogens (tertiary/aromatic N) is 2. The minimum absolute atomic E-state index is 0.149. The van der Waals surface area contributed by atoms with Gasteiger partial charge in [-0.1, -0.05) is 6.07 Å². The van der Waals surface area contributed by atoms with Crippen LogP contribution in [0.1, 0.15) is 52.1 Å². The highest BCUT2D eigenvalue weighted by Crippen LogP contribution is 2.34. The van der Waals surface area contributed by atoms with Gasteiger partial charge in [-0.25, -0.2) is 0 Å². The molecule has 120 valence electrons. The maximum atomic E-state index is 12.4. The molecule has 1 heterocycles. The lowest BCUT2D eigenvalue weighted by Gasteiger charge is -2.10. The molecule has 0 spiro atoms. The Morgan fingerprint density at radius 1 is 1.26 bits per heavy atom. The van der Waals surface area contributed by atoms with Crippen LogP contribution >= 0.6 is 0 Å². The summed E-state index contributed by atoms with van der Waals surface area (Å²) in [5.74, 6) is -0.363. The topological polar surface area (TPSA) is 76.0 Å². The lowest BCUT2D eigenvalue weighted by atomic mass is 10.1. The van der Waals surface area contributed by atoms with Crippen molar-refractivity contribution in [2.45, 2.75) is 32.7 Å². The molecule has 0 saturated heterocycles. The molecule has 2 amide bonds. The minimum atomic E-state index is -0.215. The van der Waals surface area contributed by atoms with Crippen LogP contribution in [-0.2, 0) is 0 Å². The summed E-state index contributed by atoms with van der Waals surface area (Å²) in [5.41, 5.74) is 2.60. The van der Waals surface area contributed by atoms with E-state index in [1.54, 1.807) is 24.5 Å². The molecule has 0 radical (unpaired) electrons. The van der Waals surface area contributed by atoms with E-state index in [0.29, 0.717) is 29.4 Å². The Bertz CT molecular complexity index is 747. The predicted octanol–water partition coefficient (Wildman–Crippen LogP) is 2.53. The van der Waals surface area contributed by atoms with E-state index in [0.717, 1.165) is 18.4 Å². The number of hydrogen-bond acceptors (Lipinski definition) is 3. The van der Waals surface area contributed by atoms with Crippen LogP contribution in [0.15, 0.2) is 30.6 Å². The molecular formula is C17H20N4O2. The molecule has 0 aliphatic heterocycles. The molecule has 3 rings (SSSR count). The van der Waals surface area contributed by atoms with Crippen LogP contribution in [0, 0.1) is 6.92 Å². The second-order valence-electron chi connectivity index (χ2n) is 5.78. The van der Waals surface area contributed by atoms with E-state index in [-0.39, 0.29) is 11.8 Å². The van der Waals surface area contributed by atoms with Crippen molar-refractivity contribution in [2.24, 2.45) is 0 Å². The van der Waals surface area contributed by atoms with Crippen LogP contribution in [-0.4, -0.2) is 28.1 Å². The molecule has 1 aromatic heterocycles. The van der Waals surface area contributed by atoms with E-state index in [1.807, 2.05) is 24.6 Å². The van der Waals surface area contributed by atoms with Crippen LogP contribution in [0.25, 0.3) is 0 Å². The Labute approximate surface area is 134 Å². The third-order valence-electron chi connectivity index (χ3n) is 3.87. The summed E-state index contributed by atoms with van der Waals surface area (Å²) >= 11 is 0. The van der Waals surface area contributed by atoms with Gasteiger partial charge in [0.05, 0.1) is 17.8 Å². The summed E-state index contributed by atoms with van der Waals surface area (Å²) in [4.78, 5) is 24.3. The molecule has 0 atom stereocenters. The predicted molar refractivity (Wildman–Crippen MR) is 87.6 cm³/mol. The van der Waals surface area contributed by atoms with Gasteiger partial charge in [0.1, 0.15) is 0 Å². The van der Waals surface area contributed by atoms with Crippen molar-refractivity contribution in [2.75, 3.05) is 11.9 Å². The number of aromatic nitrogens is 2. The molecule has 1 aliphatic carbocycles. The average Bonchev–Trinajstić information content (AvgIpc) is 3.26. The summed E-state index contributed by atoms with van der Waals surface area (Å²) < 4.78 is 1.84. The van der Waals surface area contributed by atoms with E-state index >= 15 is 0 Å². The zero-order valence-corrected chi connectivity index (χ0v) is 13.3. The Balaban J connectivity index is 1.76. The summed E-state index contributed by atoms with van der Waals surface area (Å²) in [7, 11) is 0. The zero-order valence-electron chi connectivity index (χ0n) is 13.3. The highest BCUT2D eigenvalue weighted by atomic mass is 16.2. The van der Waals surface area contributed by atoms with E-state index in [9.17, 15) is 9.59 Å². The molecule has 1 saturated carbocycles. The number of nitrogens with one attached hydrogen (secondary N) is 2. The highest BCUT2D eigenvalue weighted by Gasteiger charge is 2.25. The van der Waals surface area contributed by atoms with Gasteiger partial charge in [0.2, 0.25) is 0 Å². The smallest absolute Gasteiger partial charge is 0.258 e.